The van der Waals surface area contributed by atoms with Crippen LogP contribution in [0.1, 0.15) is 38.8 Å². The molecule has 12 nitrogen and oxygen atoms in total. The molecule has 0 aromatic carbocycles. The van der Waals surface area contributed by atoms with Gasteiger partial charge in [0.25, 0.3) is 0 Å². The topological polar surface area (TPSA) is 191 Å². The van der Waals surface area contributed by atoms with Crippen molar-refractivity contribution in [1.29, 1.82) is 0 Å². The molecule has 178 valence electrons. The number of nitrogens with one attached hydrogen (secondary N) is 3. The lowest BCUT2D eigenvalue weighted by molar-refractivity contribution is -0.143. The highest BCUT2D eigenvalue weighted by atomic mass is 16.4. The Bertz CT molecular complexity index is 801. The minimum absolute atomic E-state index is 0.00615. The number of carboxylic acid groups (broad SMARTS) is 1. The number of carbonyl (C=O) groups is 4. The number of carbonyl (C=O) groups excluding carboxylic acids is 3. The van der Waals surface area contributed by atoms with Crippen molar-refractivity contribution in [3.05, 3.63) is 18.2 Å². The van der Waals surface area contributed by atoms with Gasteiger partial charge >= 0.3 is 5.97 Å². The molecule has 7 N–H and O–H groups in total. The summed E-state index contributed by atoms with van der Waals surface area (Å²) >= 11 is 0. The van der Waals surface area contributed by atoms with Gasteiger partial charge in [0.1, 0.15) is 24.2 Å². The SMILES string of the molecule is CCC(C)C(NC(=O)C1CCCN1C(=O)C(N)CO)C(=O)NC(Cc1cnc[nH]1)C(=O)O. The number of aromatic nitrogens is 2. The maximum Gasteiger partial charge on any atom is 0.326 e. The predicted molar refractivity (Wildman–Crippen MR) is 113 cm³/mol. The maximum atomic E-state index is 13.0. The van der Waals surface area contributed by atoms with E-state index in [1.54, 1.807) is 6.92 Å². The number of nitrogens with two attached hydrogens (primary N) is 1. The largest absolute Gasteiger partial charge is 0.480 e. The monoisotopic (exact) mass is 452 g/mol. The Balaban J connectivity index is 2.11. The second-order valence-corrected chi connectivity index (χ2v) is 8.03. The summed E-state index contributed by atoms with van der Waals surface area (Å²) in [6.07, 6.45) is 4.44. The predicted octanol–water partition coefficient (Wildman–Crippen LogP) is -1.64. The van der Waals surface area contributed by atoms with Crippen molar-refractivity contribution in [2.24, 2.45) is 11.7 Å². The average Bonchev–Trinajstić information content (AvgIpc) is 3.47. The average molecular weight is 453 g/mol. The Labute approximate surface area is 185 Å². The Hall–Kier alpha value is -2.99. The molecule has 3 amide bonds. The van der Waals surface area contributed by atoms with Crippen LogP contribution in [-0.4, -0.2) is 86.1 Å². The fourth-order valence-electron chi connectivity index (χ4n) is 3.62. The molecule has 1 fully saturated rings. The van der Waals surface area contributed by atoms with Crippen LogP contribution in [-0.2, 0) is 25.6 Å². The van der Waals surface area contributed by atoms with Crippen molar-refractivity contribution >= 4 is 23.7 Å². The normalized spacial score (nSPS) is 19.6. The first-order valence-corrected chi connectivity index (χ1v) is 10.7. The van der Waals surface area contributed by atoms with Crippen molar-refractivity contribution in [3.8, 4) is 0 Å². The van der Waals surface area contributed by atoms with Crippen LogP contribution in [0.2, 0.25) is 0 Å². The van der Waals surface area contributed by atoms with Crippen LogP contribution in [0.5, 0.6) is 0 Å². The molecular weight excluding hydrogens is 420 g/mol. The summed E-state index contributed by atoms with van der Waals surface area (Å²) in [5, 5.41) is 23.9. The van der Waals surface area contributed by atoms with Crippen LogP contribution >= 0.6 is 0 Å². The summed E-state index contributed by atoms with van der Waals surface area (Å²) in [4.78, 5) is 57.9. The molecule has 0 saturated carbocycles. The fraction of sp³-hybridized carbons (Fsp3) is 0.650. The van der Waals surface area contributed by atoms with Crippen LogP contribution in [0.25, 0.3) is 0 Å². The van der Waals surface area contributed by atoms with Gasteiger partial charge in [-0.25, -0.2) is 9.78 Å². The van der Waals surface area contributed by atoms with Gasteiger partial charge in [0.15, 0.2) is 0 Å². The Morgan fingerprint density at radius 3 is 2.62 bits per heavy atom. The number of H-pyrrole nitrogens is 1. The number of aliphatic hydroxyl groups is 1. The number of amides is 3. The van der Waals surface area contributed by atoms with Crippen molar-refractivity contribution in [1.82, 2.24) is 25.5 Å². The zero-order chi connectivity index (χ0) is 23.8. The number of likely N-dealkylation sites (tertiary alicyclic amines) is 1. The van der Waals surface area contributed by atoms with Crippen molar-refractivity contribution in [2.75, 3.05) is 13.2 Å². The van der Waals surface area contributed by atoms with E-state index in [0.717, 1.165) is 0 Å². The number of aromatic amines is 1. The zero-order valence-electron chi connectivity index (χ0n) is 18.3. The van der Waals surface area contributed by atoms with E-state index in [1.165, 1.54) is 17.4 Å². The van der Waals surface area contributed by atoms with E-state index in [1.807, 2.05) is 6.92 Å². The third-order valence-electron chi connectivity index (χ3n) is 5.74. The van der Waals surface area contributed by atoms with Crippen molar-refractivity contribution < 1.29 is 29.4 Å². The number of nitrogens with zero attached hydrogens (tertiary/aromatic N) is 2. The number of rotatable bonds is 11. The van der Waals surface area contributed by atoms with Crippen LogP contribution in [0.3, 0.4) is 0 Å². The third kappa shape index (κ3) is 6.26. The summed E-state index contributed by atoms with van der Waals surface area (Å²) in [6, 6.07) is -4.12. The Morgan fingerprint density at radius 2 is 2.06 bits per heavy atom. The molecule has 2 heterocycles. The first kappa shape index (κ1) is 25.3. The number of aliphatic hydroxyl groups excluding tert-OH is 1. The van der Waals surface area contributed by atoms with Gasteiger partial charge in [0.2, 0.25) is 17.7 Å². The lowest BCUT2D eigenvalue weighted by Gasteiger charge is -2.30. The van der Waals surface area contributed by atoms with Gasteiger partial charge in [-0.1, -0.05) is 20.3 Å². The van der Waals surface area contributed by atoms with Crippen LogP contribution in [0.15, 0.2) is 12.5 Å². The smallest absolute Gasteiger partial charge is 0.326 e. The number of hydrogen-bond acceptors (Lipinski definition) is 7. The van der Waals surface area contributed by atoms with E-state index in [0.29, 0.717) is 31.5 Å². The molecule has 1 saturated heterocycles. The van der Waals surface area contributed by atoms with E-state index in [-0.39, 0.29) is 12.3 Å². The zero-order valence-corrected chi connectivity index (χ0v) is 18.3. The first-order chi connectivity index (χ1) is 15.2. The van der Waals surface area contributed by atoms with Crippen molar-refractivity contribution in [3.63, 3.8) is 0 Å². The molecule has 0 aliphatic carbocycles. The summed E-state index contributed by atoms with van der Waals surface area (Å²) in [6.45, 7) is 3.42. The summed E-state index contributed by atoms with van der Waals surface area (Å²) in [7, 11) is 0. The molecule has 1 aromatic heterocycles. The molecule has 0 bridgehead atoms. The molecule has 1 aromatic rings. The highest BCUT2D eigenvalue weighted by Gasteiger charge is 2.38. The maximum absolute atomic E-state index is 13.0. The van der Waals surface area contributed by atoms with Crippen molar-refractivity contribution in [2.45, 2.75) is 63.7 Å². The quantitative estimate of drug-likeness (QED) is 0.230. The number of hydrogen-bond donors (Lipinski definition) is 6. The minimum Gasteiger partial charge on any atom is -0.480 e. The fourth-order valence-corrected chi connectivity index (χ4v) is 3.62. The number of carboxylic acids is 1. The molecule has 5 unspecified atom stereocenters. The van der Waals surface area contributed by atoms with Gasteiger partial charge in [-0.05, 0) is 18.8 Å². The lowest BCUT2D eigenvalue weighted by Crippen LogP contribution is -2.58. The summed E-state index contributed by atoms with van der Waals surface area (Å²) in [5.41, 5.74) is 6.16. The van der Waals surface area contributed by atoms with Gasteiger partial charge in [0.05, 0.1) is 12.9 Å². The van der Waals surface area contributed by atoms with Gasteiger partial charge in [-0.15, -0.1) is 0 Å². The van der Waals surface area contributed by atoms with Gasteiger partial charge in [-0.3, -0.25) is 14.4 Å². The second kappa shape index (κ2) is 11.6. The standard InChI is InChI=1S/C20H32N6O6/c1-3-11(2)16(18(29)24-14(20(31)32)7-12-8-22-10-23-12)25-17(28)15-5-4-6-26(15)19(30)13(21)9-27/h8,10-11,13-16,27H,3-7,9,21H2,1-2H3,(H,22,23)(H,24,29)(H,25,28)(H,31,32). The van der Waals surface area contributed by atoms with E-state index >= 15 is 0 Å². The number of aliphatic carboxylic acids is 1. The molecular formula is C20H32N6O6. The van der Waals surface area contributed by atoms with E-state index in [9.17, 15) is 24.3 Å². The Morgan fingerprint density at radius 1 is 1.34 bits per heavy atom. The summed E-state index contributed by atoms with van der Waals surface area (Å²) in [5.74, 6) is -3.16. The molecule has 1 aliphatic heterocycles. The lowest BCUT2D eigenvalue weighted by atomic mass is 9.97. The third-order valence-corrected chi connectivity index (χ3v) is 5.74. The molecule has 0 radical (unpaired) electrons. The van der Waals surface area contributed by atoms with E-state index in [2.05, 4.69) is 20.6 Å². The molecule has 5 atom stereocenters. The minimum atomic E-state index is -1.22. The highest BCUT2D eigenvalue weighted by Crippen LogP contribution is 2.19. The number of imidazole rings is 1. The highest BCUT2D eigenvalue weighted by molar-refractivity contribution is 5.94. The Kier molecular flexibility index (Phi) is 9.14. The van der Waals surface area contributed by atoms with Gasteiger partial charge < -0.3 is 36.5 Å². The summed E-state index contributed by atoms with van der Waals surface area (Å²) < 4.78 is 0. The van der Waals surface area contributed by atoms with Gasteiger partial charge in [0, 0.05) is 24.9 Å². The molecule has 2 rings (SSSR count). The van der Waals surface area contributed by atoms with Gasteiger partial charge in [-0.2, -0.15) is 0 Å². The molecule has 32 heavy (non-hydrogen) atoms. The van der Waals surface area contributed by atoms with E-state index < -0.39 is 54.5 Å². The molecule has 1 aliphatic rings. The van der Waals surface area contributed by atoms with Crippen LogP contribution < -0.4 is 16.4 Å². The molecule has 0 spiro atoms. The second-order valence-electron chi connectivity index (χ2n) is 8.03. The van der Waals surface area contributed by atoms with Crippen LogP contribution in [0.4, 0.5) is 0 Å². The van der Waals surface area contributed by atoms with E-state index in [4.69, 9.17) is 10.8 Å². The van der Waals surface area contributed by atoms with Crippen LogP contribution in [0, 0.1) is 5.92 Å². The molecule has 12 heteroatoms. The first-order valence-electron chi connectivity index (χ1n) is 10.7.